The van der Waals surface area contributed by atoms with E-state index in [1.165, 1.54) is 7.11 Å². The average Bonchev–Trinajstić information content (AvgIpc) is 2.64. The van der Waals surface area contributed by atoms with Crippen LogP contribution in [0.1, 0.15) is 26.7 Å². The van der Waals surface area contributed by atoms with E-state index in [2.05, 4.69) is 20.9 Å². The van der Waals surface area contributed by atoms with Crippen LogP contribution in [0.15, 0.2) is 24.3 Å². The van der Waals surface area contributed by atoms with Gasteiger partial charge in [0, 0.05) is 13.0 Å². The summed E-state index contributed by atoms with van der Waals surface area (Å²) in [4.78, 5) is 23.0. The Morgan fingerprint density at radius 1 is 1.15 bits per heavy atom. The van der Waals surface area contributed by atoms with Gasteiger partial charge < -0.3 is 19.5 Å². The van der Waals surface area contributed by atoms with Crippen LogP contribution < -0.4 is 25.6 Å². The Kier molecular flexibility index (Phi) is 9.85. The number of benzene rings is 1. The third kappa shape index (κ3) is 8.52. The lowest BCUT2D eigenvalue weighted by Gasteiger charge is -2.16. The number of nitrogens with one attached hydrogen (secondary N) is 3. The molecule has 1 aromatic carbocycles. The molecule has 0 aliphatic heterocycles. The highest BCUT2D eigenvalue weighted by Crippen LogP contribution is 2.18. The van der Waals surface area contributed by atoms with Gasteiger partial charge in [-0.15, -0.1) is 0 Å². The van der Waals surface area contributed by atoms with E-state index in [4.69, 9.17) is 21.7 Å². The van der Waals surface area contributed by atoms with E-state index in [0.29, 0.717) is 31.7 Å². The molecule has 1 aromatic rings. The molecule has 9 heteroatoms. The number of amides is 1. The molecule has 0 saturated carbocycles. The fraction of sp³-hybridized carbons (Fsp3) is 0.471. The van der Waals surface area contributed by atoms with Crippen LogP contribution in [0.2, 0.25) is 0 Å². The summed E-state index contributed by atoms with van der Waals surface area (Å²) in [7, 11) is 1.34. The number of hydrazine groups is 1. The Bertz CT molecular complexity index is 595. The van der Waals surface area contributed by atoms with E-state index >= 15 is 0 Å². The van der Waals surface area contributed by atoms with Crippen molar-refractivity contribution in [3.63, 3.8) is 0 Å². The Labute approximate surface area is 158 Å². The van der Waals surface area contributed by atoms with Gasteiger partial charge in [0.2, 0.25) is 0 Å². The van der Waals surface area contributed by atoms with Gasteiger partial charge in [-0.2, -0.15) is 0 Å². The van der Waals surface area contributed by atoms with E-state index in [0.717, 1.165) is 5.75 Å². The van der Waals surface area contributed by atoms with Crippen molar-refractivity contribution in [3.05, 3.63) is 24.3 Å². The number of esters is 1. The first-order valence-electron chi connectivity index (χ1n) is 8.26. The zero-order valence-electron chi connectivity index (χ0n) is 15.2. The van der Waals surface area contributed by atoms with Crippen LogP contribution in [0.25, 0.3) is 0 Å². The molecule has 0 aliphatic carbocycles. The van der Waals surface area contributed by atoms with Crippen molar-refractivity contribution in [1.29, 1.82) is 0 Å². The van der Waals surface area contributed by atoms with E-state index in [1.54, 1.807) is 31.2 Å². The molecule has 8 nitrogen and oxygen atoms in total. The second kappa shape index (κ2) is 11.9. The highest BCUT2D eigenvalue weighted by molar-refractivity contribution is 7.80. The third-order valence-corrected chi connectivity index (χ3v) is 3.43. The molecule has 0 aromatic heterocycles. The number of ether oxygens (including phenoxy) is 3. The number of carbonyl (C=O) groups excluding carboxylic acids is 2. The largest absolute Gasteiger partial charge is 0.494 e. The van der Waals surface area contributed by atoms with Gasteiger partial charge in [0.15, 0.2) is 11.2 Å². The number of hydrogen-bond donors (Lipinski definition) is 3. The highest BCUT2D eigenvalue weighted by Gasteiger charge is 2.14. The second-order valence-corrected chi connectivity index (χ2v) is 5.62. The van der Waals surface area contributed by atoms with Gasteiger partial charge >= 0.3 is 5.97 Å². The molecule has 0 radical (unpaired) electrons. The number of carbonyl (C=O) groups is 2. The molecule has 0 unspecified atom stereocenters. The van der Waals surface area contributed by atoms with Crippen molar-refractivity contribution in [2.45, 2.75) is 32.8 Å². The predicted octanol–water partition coefficient (Wildman–Crippen LogP) is 1.30. The summed E-state index contributed by atoms with van der Waals surface area (Å²) in [5, 5.41) is 3.11. The maximum absolute atomic E-state index is 12.0. The molecule has 0 fully saturated rings. The molecule has 3 N–H and O–H groups in total. The lowest BCUT2D eigenvalue weighted by molar-refractivity contribution is -0.140. The second-order valence-electron chi connectivity index (χ2n) is 5.21. The smallest absolute Gasteiger partial charge is 0.305 e. The lowest BCUT2D eigenvalue weighted by Crippen LogP contribution is -2.50. The highest BCUT2D eigenvalue weighted by atomic mass is 32.1. The summed E-state index contributed by atoms with van der Waals surface area (Å²) < 4.78 is 15.4. The first kappa shape index (κ1) is 21.5. The van der Waals surface area contributed by atoms with Crippen LogP contribution in [0.3, 0.4) is 0 Å². The molecular weight excluding hydrogens is 358 g/mol. The van der Waals surface area contributed by atoms with Gasteiger partial charge in [0.25, 0.3) is 5.91 Å². The number of thiocarbonyl (C=S) groups is 1. The van der Waals surface area contributed by atoms with Crippen LogP contribution >= 0.6 is 12.2 Å². The minimum atomic E-state index is -0.720. The minimum absolute atomic E-state index is 0.247. The molecule has 0 bridgehead atoms. The average molecular weight is 383 g/mol. The molecule has 0 heterocycles. The summed E-state index contributed by atoms with van der Waals surface area (Å²) in [5.41, 5.74) is 5.04. The standard InChI is InChI=1S/C17H25N3O5S/c1-4-24-13-7-9-14(10-8-13)25-12(2)16(22)19-20-17(26)18-11-5-6-15(21)23-3/h7-10,12H,4-6,11H2,1-3H3,(H,19,22)(H2,18,20,26)/t12-/m0/s1. The molecule has 1 amide bonds. The molecule has 144 valence electrons. The van der Waals surface area contributed by atoms with Crippen molar-refractivity contribution >= 4 is 29.2 Å². The number of rotatable bonds is 9. The van der Waals surface area contributed by atoms with Crippen molar-refractivity contribution in [2.75, 3.05) is 20.3 Å². The van der Waals surface area contributed by atoms with Crippen LogP contribution in [-0.2, 0) is 14.3 Å². The van der Waals surface area contributed by atoms with Gasteiger partial charge in [-0.25, -0.2) is 0 Å². The van der Waals surface area contributed by atoms with Crippen LogP contribution in [0.5, 0.6) is 11.5 Å². The third-order valence-electron chi connectivity index (χ3n) is 3.19. The van der Waals surface area contributed by atoms with E-state index in [9.17, 15) is 9.59 Å². The number of hydrogen-bond acceptors (Lipinski definition) is 6. The minimum Gasteiger partial charge on any atom is -0.494 e. The predicted molar refractivity (Wildman–Crippen MR) is 101 cm³/mol. The van der Waals surface area contributed by atoms with E-state index in [-0.39, 0.29) is 17.0 Å². The van der Waals surface area contributed by atoms with Crippen LogP contribution in [-0.4, -0.2) is 43.4 Å². The Morgan fingerprint density at radius 3 is 2.42 bits per heavy atom. The van der Waals surface area contributed by atoms with E-state index in [1.807, 2.05) is 6.92 Å². The van der Waals surface area contributed by atoms with Gasteiger partial charge in [-0.3, -0.25) is 20.4 Å². The quantitative estimate of drug-likeness (QED) is 0.254. The monoisotopic (exact) mass is 383 g/mol. The van der Waals surface area contributed by atoms with Crippen LogP contribution in [0.4, 0.5) is 0 Å². The summed E-state index contributed by atoms with van der Waals surface area (Å²) in [5.74, 6) is 0.638. The first-order chi connectivity index (χ1) is 12.5. The summed E-state index contributed by atoms with van der Waals surface area (Å²) in [6, 6.07) is 7.01. The molecule has 0 saturated heterocycles. The van der Waals surface area contributed by atoms with Crippen molar-refractivity contribution < 1.29 is 23.8 Å². The molecule has 26 heavy (non-hydrogen) atoms. The van der Waals surface area contributed by atoms with Crippen LogP contribution in [0, 0.1) is 0 Å². The first-order valence-corrected chi connectivity index (χ1v) is 8.67. The molecule has 0 aliphatic rings. The summed E-state index contributed by atoms with van der Waals surface area (Å²) in [6.07, 6.45) is 0.146. The van der Waals surface area contributed by atoms with Gasteiger partial charge in [-0.05, 0) is 56.8 Å². The maximum atomic E-state index is 12.0. The molecule has 1 atom stereocenters. The van der Waals surface area contributed by atoms with Gasteiger partial charge in [-0.1, -0.05) is 0 Å². The zero-order valence-corrected chi connectivity index (χ0v) is 16.0. The Hall–Kier alpha value is -2.55. The molecule has 1 rings (SSSR count). The topological polar surface area (TPSA) is 97.9 Å². The maximum Gasteiger partial charge on any atom is 0.305 e. The number of methoxy groups -OCH3 is 1. The summed E-state index contributed by atoms with van der Waals surface area (Å²) in [6.45, 7) is 4.60. The summed E-state index contributed by atoms with van der Waals surface area (Å²) >= 11 is 5.03. The SMILES string of the molecule is CCOc1ccc(O[C@@H](C)C(=O)NNC(=S)NCCCC(=O)OC)cc1. The van der Waals surface area contributed by atoms with Crippen molar-refractivity contribution in [3.8, 4) is 11.5 Å². The normalized spacial score (nSPS) is 11.0. The van der Waals surface area contributed by atoms with E-state index < -0.39 is 6.10 Å². The van der Waals surface area contributed by atoms with Gasteiger partial charge in [0.1, 0.15) is 11.5 Å². The lowest BCUT2D eigenvalue weighted by atomic mass is 10.3. The zero-order chi connectivity index (χ0) is 19.4. The Balaban J connectivity index is 2.26. The fourth-order valence-corrected chi connectivity index (χ4v) is 1.99. The van der Waals surface area contributed by atoms with Crippen molar-refractivity contribution in [2.24, 2.45) is 0 Å². The Morgan fingerprint density at radius 2 is 1.81 bits per heavy atom. The molecular formula is C17H25N3O5S. The fourth-order valence-electron chi connectivity index (χ4n) is 1.84. The molecule has 0 spiro atoms. The van der Waals surface area contributed by atoms with Gasteiger partial charge in [0.05, 0.1) is 13.7 Å². The van der Waals surface area contributed by atoms with Crippen molar-refractivity contribution in [1.82, 2.24) is 16.2 Å².